The van der Waals surface area contributed by atoms with Crippen LogP contribution in [-0.2, 0) is 12.1 Å². The Morgan fingerprint density at radius 2 is 2.07 bits per heavy atom. The van der Waals surface area contributed by atoms with Crippen LogP contribution in [0.15, 0.2) is 30.5 Å². The van der Waals surface area contributed by atoms with E-state index in [2.05, 4.69) is 22.9 Å². The lowest BCUT2D eigenvalue weighted by Crippen LogP contribution is -2.35. The lowest BCUT2D eigenvalue weighted by atomic mass is 9.85. The van der Waals surface area contributed by atoms with E-state index in [1.165, 1.54) is 0 Å². The van der Waals surface area contributed by atoms with Gasteiger partial charge in [-0.25, -0.2) is 0 Å². The van der Waals surface area contributed by atoms with E-state index in [1.807, 2.05) is 31.3 Å². The zero-order valence-electron chi connectivity index (χ0n) is 17.8. The molecule has 1 aliphatic carbocycles. The van der Waals surface area contributed by atoms with Gasteiger partial charge in [-0.05, 0) is 49.8 Å². The molecule has 3 heterocycles. The monoisotopic (exact) mass is 410 g/mol. The second kappa shape index (κ2) is 7.75. The molecule has 0 unspecified atom stereocenters. The quantitative estimate of drug-likeness (QED) is 0.785. The molecule has 6 heteroatoms. The number of aromatic nitrogens is 1. The highest BCUT2D eigenvalue weighted by Crippen LogP contribution is 2.50. The molecule has 3 aliphatic rings. The fraction of sp³-hybridized carbons (Fsp3) is 0.542. The van der Waals surface area contributed by atoms with Crippen LogP contribution in [0.4, 0.5) is 0 Å². The van der Waals surface area contributed by atoms with Crippen molar-refractivity contribution in [2.24, 2.45) is 11.8 Å². The zero-order chi connectivity index (χ0) is 20.7. The Labute approximate surface area is 177 Å². The number of rotatable bonds is 6. The van der Waals surface area contributed by atoms with Gasteiger partial charge in [-0.15, -0.1) is 0 Å². The molecular weight excluding hydrogens is 380 g/mol. The maximum absolute atomic E-state index is 11.6. The summed E-state index contributed by atoms with van der Waals surface area (Å²) >= 11 is 0. The van der Waals surface area contributed by atoms with Crippen molar-refractivity contribution >= 4 is 0 Å². The van der Waals surface area contributed by atoms with Crippen LogP contribution in [0.25, 0.3) is 0 Å². The summed E-state index contributed by atoms with van der Waals surface area (Å²) < 4.78 is 17.1. The Kier molecular flexibility index (Phi) is 5.07. The third kappa shape index (κ3) is 3.42. The van der Waals surface area contributed by atoms with Crippen molar-refractivity contribution < 1.29 is 19.3 Å². The number of aliphatic hydroxyl groups is 1. The Bertz CT molecular complexity index is 916. The van der Waals surface area contributed by atoms with Crippen molar-refractivity contribution in [2.45, 2.75) is 45.3 Å². The number of hydrogen-bond acceptors (Lipinski definition) is 6. The number of likely N-dealkylation sites (tertiary alicyclic amines) is 1. The van der Waals surface area contributed by atoms with Gasteiger partial charge >= 0.3 is 0 Å². The van der Waals surface area contributed by atoms with Gasteiger partial charge in [0.15, 0.2) is 11.5 Å². The number of pyridine rings is 1. The first-order valence-corrected chi connectivity index (χ1v) is 11.0. The molecule has 2 aromatic rings. The van der Waals surface area contributed by atoms with Crippen LogP contribution >= 0.6 is 0 Å². The first kappa shape index (κ1) is 19.6. The second-order valence-corrected chi connectivity index (χ2v) is 8.91. The number of aryl methyl sites for hydroxylation is 1. The van der Waals surface area contributed by atoms with Gasteiger partial charge in [-0.3, -0.25) is 9.88 Å². The predicted octanol–water partition coefficient (Wildman–Crippen LogP) is 3.64. The lowest BCUT2D eigenvalue weighted by molar-refractivity contribution is -0.0108. The standard InChI is InChI=1S/C24H30N2O4/c1-3-8-28-20-10-22-21(29-15-30-22)9-18(20)13-26-12-17-6-7-24(27,19(17)14-26)23-5-4-16(2)11-25-23/h4-5,9-11,17,19,27H,3,6-8,12-15H2,1-2H3/t17-,19+,24-/m1/s1. The maximum Gasteiger partial charge on any atom is 0.231 e. The van der Waals surface area contributed by atoms with E-state index in [0.29, 0.717) is 12.5 Å². The number of ether oxygens (including phenoxy) is 3. The summed E-state index contributed by atoms with van der Waals surface area (Å²) in [6, 6.07) is 8.05. The zero-order valence-corrected chi connectivity index (χ0v) is 17.8. The van der Waals surface area contributed by atoms with Crippen molar-refractivity contribution in [3.8, 4) is 17.2 Å². The molecule has 1 aromatic carbocycles. The Balaban J connectivity index is 1.35. The Morgan fingerprint density at radius 1 is 1.23 bits per heavy atom. The molecule has 160 valence electrons. The number of fused-ring (bicyclic) bond motifs is 2. The molecule has 0 radical (unpaired) electrons. The van der Waals surface area contributed by atoms with E-state index >= 15 is 0 Å². The Hall–Kier alpha value is -2.31. The van der Waals surface area contributed by atoms with Gasteiger partial charge in [0.1, 0.15) is 11.4 Å². The molecule has 1 saturated carbocycles. The third-order valence-corrected chi connectivity index (χ3v) is 6.79. The lowest BCUT2D eigenvalue weighted by Gasteiger charge is -2.30. The fourth-order valence-electron chi connectivity index (χ4n) is 5.23. The van der Waals surface area contributed by atoms with Crippen LogP contribution in [0.3, 0.4) is 0 Å². The van der Waals surface area contributed by atoms with Crippen molar-refractivity contribution in [2.75, 3.05) is 26.5 Å². The summed E-state index contributed by atoms with van der Waals surface area (Å²) in [5.74, 6) is 3.11. The van der Waals surface area contributed by atoms with E-state index in [9.17, 15) is 5.11 Å². The first-order chi connectivity index (χ1) is 14.6. The molecule has 1 saturated heterocycles. The predicted molar refractivity (Wildman–Crippen MR) is 113 cm³/mol. The molecule has 3 atom stereocenters. The van der Waals surface area contributed by atoms with Crippen molar-refractivity contribution in [3.05, 3.63) is 47.3 Å². The molecule has 1 aromatic heterocycles. The highest BCUT2D eigenvalue weighted by atomic mass is 16.7. The largest absolute Gasteiger partial charge is 0.493 e. The Morgan fingerprint density at radius 3 is 2.83 bits per heavy atom. The molecule has 2 fully saturated rings. The van der Waals surface area contributed by atoms with Gasteiger partial charge in [0.25, 0.3) is 0 Å². The van der Waals surface area contributed by atoms with E-state index in [1.54, 1.807) is 0 Å². The molecule has 0 bridgehead atoms. The van der Waals surface area contributed by atoms with Crippen LogP contribution in [0.5, 0.6) is 17.2 Å². The molecule has 5 rings (SSSR count). The molecule has 6 nitrogen and oxygen atoms in total. The molecular formula is C24H30N2O4. The minimum atomic E-state index is -0.830. The number of nitrogens with zero attached hydrogens (tertiary/aromatic N) is 2. The summed E-state index contributed by atoms with van der Waals surface area (Å²) in [7, 11) is 0. The highest BCUT2D eigenvalue weighted by molar-refractivity contribution is 5.52. The van der Waals surface area contributed by atoms with Gasteiger partial charge < -0.3 is 19.3 Å². The van der Waals surface area contributed by atoms with Crippen LogP contribution in [0.1, 0.15) is 43.0 Å². The molecule has 0 amide bonds. The van der Waals surface area contributed by atoms with Gasteiger partial charge in [0.2, 0.25) is 6.79 Å². The summed E-state index contributed by atoms with van der Waals surface area (Å²) in [5, 5.41) is 11.6. The molecule has 0 spiro atoms. The van der Waals surface area contributed by atoms with Crippen molar-refractivity contribution in [3.63, 3.8) is 0 Å². The normalized spacial score (nSPS) is 27.4. The van der Waals surface area contributed by atoms with Gasteiger partial charge in [-0.1, -0.05) is 13.0 Å². The average Bonchev–Trinajstić information content (AvgIpc) is 3.44. The van der Waals surface area contributed by atoms with E-state index in [-0.39, 0.29) is 12.7 Å². The number of benzene rings is 1. The highest BCUT2D eigenvalue weighted by Gasteiger charge is 2.53. The van der Waals surface area contributed by atoms with E-state index in [4.69, 9.17) is 14.2 Å². The smallest absolute Gasteiger partial charge is 0.231 e. The summed E-state index contributed by atoms with van der Waals surface area (Å²) in [5.41, 5.74) is 2.22. The third-order valence-electron chi connectivity index (χ3n) is 6.79. The topological polar surface area (TPSA) is 64.1 Å². The molecule has 2 aliphatic heterocycles. The van der Waals surface area contributed by atoms with Gasteiger partial charge in [-0.2, -0.15) is 0 Å². The SMILES string of the molecule is CCCOc1cc2c(cc1CN1C[C@H]3CC[C@](O)(c4ccc(C)cn4)[C@H]3C1)OCO2. The van der Waals surface area contributed by atoms with Crippen LogP contribution in [-0.4, -0.2) is 41.5 Å². The second-order valence-electron chi connectivity index (χ2n) is 8.91. The number of hydrogen-bond donors (Lipinski definition) is 1. The fourth-order valence-corrected chi connectivity index (χ4v) is 5.23. The van der Waals surface area contributed by atoms with Crippen LogP contribution < -0.4 is 14.2 Å². The van der Waals surface area contributed by atoms with Gasteiger partial charge in [0, 0.05) is 43.4 Å². The van der Waals surface area contributed by atoms with Crippen molar-refractivity contribution in [1.82, 2.24) is 9.88 Å². The van der Waals surface area contributed by atoms with E-state index < -0.39 is 5.60 Å². The molecule has 1 N–H and O–H groups in total. The average molecular weight is 411 g/mol. The van der Waals surface area contributed by atoms with Crippen molar-refractivity contribution in [1.29, 1.82) is 0 Å². The first-order valence-electron chi connectivity index (χ1n) is 11.0. The minimum absolute atomic E-state index is 0.210. The molecule has 30 heavy (non-hydrogen) atoms. The van der Waals surface area contributed by atoms with Gasteiger partial charge in [0.05, 0.1) is 12.3 Å². The summed E-state index contributed by atoms with van der Waals surface area (Å²) in [4.78, 5) is 7.00. The minimum Gasteiger partial charge on any atom is -0.493 e. The summed E-state index contributed by atoms with van der Waals surface area (Å²) in [6.45, 7) is 7.69. The van der Waals surface area contributed by atoms with E-state index in [0.717, 1.165) is 73.0 Å². The van der Waals surface area contributed by atoms with Crippen LogP contribution in [0, 0.1) is 18.8 Å². The van der Waals surface area contributed by atoms with Crippen LogP contribution in [0.2, 0.25) is 0 Å². The summed E-state index contributed by atoms with van der Waals surface area (Å²) in [6.07, 6.45) is 4.64. The maximum atomic E-state index is 11.6.